The van der Waals surface area contributed by atoms with E-state index in [9.17, 15) is 9.18 Å². The van der Waals surface area contributed by atoms with Gasteiger partial charge in [-0.3, -0.25) is 4.79 Å². The van der Waals surface area contributed by atoms with Crippen LogP contribution in [0.5, 0.6) is 0 Å². The maximum Gasteiger partial charge on any atom is 0.170 e. The van der Waals surface area contributed by atoms with Crippen molar-refractivity contribution in [2.75, 3.05) is 0 Å². The van der Waals surface area contributed by atoms with E-state index in [4.69, 9.17) is 11.6 Å². The molecule has 1 aromatic rings. The van der Waals surface area contributed by atoms with Gasteiger partial charge in [0, 0.05) is 5.92 Å². The van der Waals surface area contributed by atoms with Crippen LogP contribution in [0.2, 0.25) is 5.02 Å². The molecule has 0 heterocycles. The van der Waals surface area contributed by atoms with Gasteiger partial charge in [-0.05, 0) is 25.0 Å². The van der Waals surface area contributed by atoms with Crippen LogP contribution in [-0.2, 0) is 0 Å². The predicted octanol–water partition coefficient (Wildman–Crippen LogP) is 4.63. The molecule has 1 fully saturated rings. The molecule has 1 aliphatic rings. The van der Waals surface area contributed by atoms with E-state index in [1.54, 1.807) is 6.07 Å². The van der Waals surface area contributed by atoms with Crippen molar-refractivity contribution in [1.82, 2.24) is 0 Å². The van der Waals surface area contributed by atoms with Gasteiger partial charge in [-0.2, -0.15) is 0 Å². The number of carbonyl (C=O) groups is 1. The van der Waals surface area contributed by atoms with Crippen molar-refractivity contribution in [2.45, 2.75) is 38.5 Å². The third kappa shape index (κ3) is 2.86. The van der Waals surface area contributed by atoms with Gasteiger partial charge in [-0.15, -0.1) is 0 Å². The summed E-state index contributed by atoms with van der Waals surface area (Å²) in [5.41, 5.74) is 0.0843. The summed E-state index contributed by atoms with van der Waals surface area (Å²) in [6.45, 7) is 0. The van der Waals surface area contributed by atoms with Crippen LogP contribution >= 0.6 is 11.6 Å². The fourth-order valence-electron chi connectivity index (χ4n) is 2.48. The summed E-state index contributed by atoms with van der Waals surface area (Å²) in [6.07, 6.45) is 6.20. The lowest BCUT2D eigenvalue weighted by molar-refractivity contribution is 0.0904. The molecule has 0 unspecified atom stereocenters. The Kier molecular flexibility index (Phi) is 4.16. The van der Waals surface area contributed by atoms with Gasteiger partial charge in [-0.25, -0.2) is 4.39 Å². The van der Waals surface area contributed by atoms with Crippen molar-refractivity contribution in [3.63, 3.8) is 0 Å². The Morgan fingerprint density at radius 3 is 2.41 bits per heavy atom. The summed E-state index contributed by atoms with van der Waals surface area (Å²) in [4.78, 5) is 12.3. The quantitative estimate of drug-likeness (QED) is 0.555. The summed E-state index contributed by atoms with van der Waals surface area (Å²) in [7, 11) is 0. The average Bonchev–Trinajstić information content (AvgIpc) is 2.57. The molecule has 0 atom stereocenters. The SMILES string of the molecule is O=C(c1c(F)cccc1Cl)C1CCCCCC1. The fraction of sp³-hybridized carbons (Fsp3) is 0.500. The second-order valence-electron chi connectivity index (χ2n) is 4.65. The van der Waals surface area contributed by atoms with Crippen molar-refractivity contribution in [3.8, 4) is 0 Å². The summed E-state index contributed by atoms with van der Waals surface area (Å²) in [6, 6.07) is 4.41. The Morgan fingerprint density at radius 2 is 1.82 bits per heavy atom. The molecule has 0 radical (unpaired) electrons. The lowest BCUT2D eigenvalue weighted by Gasteiger charge is -2.14. The first-order valence-electron chi connectivity index (χ1n) is 6.18. The van der Waals surface area contributed by atoms with Crippen LogP contribution in [-0.4, -0.2) is 5.78 Å². The smallest absolute Gasteiger partial charge is 0.170 e. The van der Waals surface area contributed by atoms with Gasteiger partial charge in [0.25, 0.3) is 0 Å². The third-order valence-corrected chi connectivity index (χ3v) is 3.75. The number of rotatable bonds is 2. The number of benzene rings is 1. The summed E-state index contributed by atoms with van der Waals surface area (Å²) in [5.74, 6) is -0.659. The first-order valence-corrected chi connectivity index (χ1v) is 6.56. The fourth-order valence-corrected chi connectivity index (χ4v) is 2.74. The predicted molar refractivity (Wildman–Crippen MR) is 66.9 cm³/mol. The zero-order valence-electron chi connectivity index (χ0n) is 9.72. The molecule has 3 heteroatoms. The molecule has 2 rings (SSSR count). The summed E-state index contributed by atoms with van der Waals surface area (Å²) in [5, 5.41) is 0.235. The van der Waals surface area contributed by atoms with Crippen LogP contribution in [0.3, 0.4) is 0 Å². The van der Waals surface area contributed by atoms with Gasteiger partial charge >= 0.3 is 0 Å². The molecule has 1 saturated carbocycles. The Hall–Kier alpha value is -0.890. The topological polar surface area (TPSA) is 17.1 Å². The van der Waals surface area contributed by atoms with Gasteiger partial charge in [0.2, 0.25) is 0 Å². The van der Waals surface area contributed by atoms with Crippen LogP contribution in [0.4, 0.5) is 4.39 Å². The van der Waals surface area contributed by atoms with Gasteiger partial charge in [0.05, 0.1) is 10.6 Å². The average molecular weight is 255 g/mol. The van der Waals surface area contributed by atoms with Crippen molar-refractivity contribution in [2.24, 2.45) is 5.92 Å². The minimum atomic E-state index is -0.494. The molecule has 92 valence electrons. The number of halogens is 2. The minimum Gasteiger partial charge on any atom is -0.294 e. The van der Waals surface area contributed by atoms with Gasteiger partial charge in [0.15, 0.2) is 5.78 Å². The molecule has 0 bridgehead atoms. The van der Waals surface area contributed by atoms with E-state index in [1.165, 1.54) is 25.0 Å². The second-order valence-corrected chi connectivity index (χ2v) is 5.06. The zero-order chi connectivity index (χ0) is 12.3. The van der Waals surface area contributed by atoms with Crippen molar-refractivity contribution >= 4 is 17.4 Å². The van der Waals surface area contributed by atoms with Crippen molar-refractivity contribution in [1.29, 1.82) is 0 Å². The second kappa shape index (κ2) is 5.63. The maximum absolute atomic E-state index is 13.7. The van der Waals surface area contributed by atoms with Gasteiger partial charge in [0.1, 0.15) is 5.82 Å². The highest BCUT2D eigenvalue weighted by molar-refractivity contribution is 6.34. The Balaban J connectivity index is 2.23. The van der Waals surface area contributed by atoms with Crippen molar-refractivity contribution in [3.05, 3.63) is 34.6 Å². The van der Waals surface area contributed by atoms with Gasteiger partial charge < -0.3 is 0 Å². The first kappa shape index (κ1) is 12.6. The third-order valence-electron chi connectivity index (χ3n) is 3.44. The van der Waals surface area contributed by atoms with Crippen LogP contribution < -0.4 is 0 Å². The number of carbonyl (C=O) groups excluding carboxylic acids is 1. The van der Waals surface area contributed by atoms with E-state index < -0.39 is 5.82 Å². The minimum absolute atomic E-state index is 0.0492. The molecule has 0 amide bonds. The van der Waals surface area contributed by atoms with E-state index in [1.807, 2.05) is 0 Å². The number of Topliss-reactive ketones (excluding diaryl/α,β-unsaturated/α-hetero) is 1. The number of hydrogen-bond donors (Lipinski definition) is 0. The van der Waals surface area contributed by atoms with E-state index in [-0.39, 0.29) is 22.3 Å². The molecule has 0 N–H and O–H groups in total. The maximum atomic E-state index is 13.7. The zero-order valence-corrected chi connectivity index (χ0v) is 10.5. The summed E-state index contributed by atoms with van der Waals surface area (Å²) >= 11 is 5.92. The highest BCUT2D eigenvalue weighted by atomic mass is 35.5. The normalized spacial score (nSPS) is 17.8. The molecular weight excluding hydrogens is 239 g/mol. The molecule has 17 heavy (non-hydrogen) atoms. The lowest BCUT2D eigenvalue weighted by Crippen LogP contribution is -2.16. The van der Waals surface area contributed by atoms with Crippen molar-refractivity contribution < 1.29 is 9.18 Å². The molecule has 0 spiro atoms. The van der Waals surface area contributed by atoms with E-state index in [0.717, 1.165) is 25.7 Å². The largest absolute Gasteiger partial charge is 0.294 e. The van der Waals surface area contributed by atoms with Gasteiger partial charge in [-0.1, -0.05) is 43.4 Å². The molecule has 0 saturated heterocycles. The summed E-state index contributed by atoms with van der Waals surface area (Å²) < 4.78 is 13.7. The molecule has 1 nitrogen and oxygen atoms in total. The van der Waals surface area contributed by atoms with Crippen LogP contribution in [0.15, 0.2) is 18.2 Å². The molecular formula is C14H16ClFO. The Labute approximate surface area is 106 Å². The first-order chi connectivity index (χ1) is 8.20. The van der Waals surface area contributed by atoms with Crippen LogP contribution in [0.25, 0.3) is 0 Å². The van der Waals surface area contributed by atoms with E-state index >= 15 is 0 Å². The molecule has 0 aromatic heterocycles. The molecule has 1 aliphatic carbocycles. The Morgan fingerprint density at radius 1 is 1.18 bits per heavy atom. The highest BCUT2D eigenvalue weighted by Gasteiger charge is 2.25. The lowest BCUT2D eigenvalue weighted by atomic mass is 9.91. The van der Waals surface area contributed by atoms with Crippen LogP contribution in [0.1, 0.15) is 48.9 Å². The standard InChI is InChI=1S/C14H16ClFO/c15-11-8-5-9-12(16)13(11)14(17)10-6-3-1-2-4-7-10/h5,8-10H,1-4,6-7H2. The Bertz CT molecular complexity index is 388. The van der Waals surface area contributed by atoms with E-state index in [2.05, 4.69) is 0 Å². The van der Waals surface area contributed by atoms with Crippen LogP contribution in [0, 0.1) is 11.7 Å². The number of ketones is 1. The number of hydrogen-bond acceptors (Lipinski definition) is 1. The molecule has 0 aliphatic heterocycles. The monoisotopic (exact) mass is 254 g/mol. The highest BCUT2D eigenvalue weighted by Crippen LogP contribution is 2.29. The molecule has 1 aromatic carbocycles. The van der Waals surface area contributed by atoms with E-state index in [0.29, 0.717) is 0 Å².